The summed E-state index contributed by atoms with van der Waals surface area (Å²) in [6.07, 6.45) is 0. The average molecular weight is 338 g/mol. The summed E-state index contributed by atoms with van der Waals surface area (Å²) in [5.41, 5.74) is 1.64. The van der Waals surface area contributed by atoms with Gasteiger partial charge >= 0.3 is 0 Å². The van der Waals surface area contributed by atoms with E-state index in [0.717, 1.165) is 5.56 Å². The number of nitrogens with one attached hydrogen (secondary N) is 1. The molecule has 0 radical (unpaired) electrons. The Morgan fingerprint density at radius 1 is 1.26 bits per heavy atom. The third-order valence-corrected chi connectivity index (χ3v) is 3.47. The standard InChI is InChI=1S/C17H17ClFNO3/c1-3-23-10-12-8-11(4-7-16(12)22-2)17(21)20-13-5-6-15(19)14(18)9-13/h4-9H,3,10H2,1-2H3,(H,20,21). The molecule has 1 N–H and O–H groups in total. The Hall–Kier alpha value is -2.11. The number of benzene rings is 2. The van der Waals surface area contributed by atoms with Gasteiger partial charge in [0.1, 0.15) is 11.6 Å². The lowest BCUT2D eigenvalue weighted by atomic mass is 10.1. The highest BCUT2D eigenvalue weighted by molar-refractivity contribution is 6.31. The molecule has 0 unspecified atom stereocenters. The Morgan fingerprint density at radius 2 is 2.04 bits per heavy atom. The van der Waals surface area contributed by atoms with Crippen LogP contribution in [0.5, 0.6) is 5.75 Å². The van der Waals surface area contributed by atoms with Crippen LogP contribution in [0.2, 0.25) is 5.02 Å². The van der Waals surface area contributed by atoms with Crippen LogP contribution >= 0.6 is 11.6 Å². The number of halogens is 2. The van der Waals surface area contributed by atoms with Crippen molar-refractivity contribution in [1.82, 2.24) is 0 Å². The minimum atomic E-state index is -0.534. The Labute approximate surface area is 139 Å². The summed E-state index contributed by atoms with van der Waals surface area (Å²) in [5, 5.41) is 2.63. The fourth-order valence-corrected chi connectivity index (χ4v) is 2.20. The molecular formula is C17H17ClFNO3. The molecule has 2 rings (SSSR count). The minimum Gasteiger partial charge on any atom is -0.496 e. The van der Waals surface area contributed by atoms with Crippen molar-refractivity contribution < 1.29 is 18.7 Å². The number of hydrogen-bond donors (Lipinski definition) is 1. The monoisotopic (exact) mass is 337 g/mol. The summed E-state index contributed by atoms with van der Waals surface area (Å²) in [5.74, 6) is -0.207. The molecule has 23 heavy (non-hydrogen) atoms. The number of amides is 1. The molecule has 2 aromatic carbocycles. The maximum absolute atomic E-state index is 13.1. The zero-order chi connectivity index (χ0) is 16.8. The molecule has 0 atom stereocenters. The van der Waals surface area contributed by atoms with Gasteiger partial charge in [0.25, 0.3) is 5.91 Å². The van der Waals surface area contributed by atoms with E-state index in [4.69, 9.17) is 21.1 Å². The smallest absolute Gasteiger partial charge is 0.255 e. The zero-order valence-electron chi connectivity index (χ0n) is 12.9. The third-order valence-electron chi connectivity index (χ3n) is 3.18. The first-order valence-electron chi connectivity index (χ1n) is 7.06. The highest BCUT2D eigenvalue weighted by Crippen LogP contribution is 2.23. The Bertz CT molecular complexity index is 706. The maximum atomic E-state index is 13.1. The lowest BCUT2D eigenvalue weighted by Crippen LogP contribution is -2.12. The van der Waals surface area contributed by atoms with Crippen molar-refractivity contribution in [2.75, 3.05) is 19.0 Å². The van der Waals surface area contributed by atoms with Crippen LogP contribution in [0, 0.1) is 5.82 Å². The SMILES string of the molecule is CCOCc1cc(C(=O)Nc2ccc(F)c(Cl)c2)ccc1OC. The number of hydrogen-bond acceptors (Lipinski definition) is 3. The van der Waals surface area contributed by atoms with Crippen LogP contribution in [0.15, 0.2) is 36.4 Å². The summed E-state index contributed by atoms with van der Waals surface area (Å²) in [7, 11) is 1.56. The second-order valence-corrected chi connectivity index (χ2v) is 5.15. The molecular weight excluding hydrogens is 321 g/mol. The fraction of sp³-hybridized carbons (Fsp3) is 0.235. The summed E-state index contributed by atoms with van der Waals surface area (Å²) in [6, 6.07) is 9.07. The molecule has 0 bridgehead atoms. The zero-order valence-corrected chi connectivity index (χ0v) is 13.6. The molecule has 0 saturated carbocycles. The average Bonchev–Trinajstić information content (AvgIpc) is 2.56. The van der Waals surface area contributed by atoms with Crippen LogP contribution in [0.4, 0.5) is 10.1 Å². The number of carbonyl (C=O) groups is 1. The summed E-state index contributed by atoms with van der Waals surface area (Å²) in [4.78, 5) is 12.3. The van der Waals surface area contributed by atoms with E-state index in [0.29, 0.717) is 30.2 Å². The topological polar surface area (TPSA) is 47.6 Å². The highest BCUT2D eigenvalue weighted by atomic mass is 35.5. The van der Waals surface area contributed by atoms with Crippen LogP contribution < -0.4 is 10.1 Å². The predicted octanol–water partition coefficient (Wildman–Crippen LogP) is 4.28. The van der Waals surface area contributed by atoms with Gasteiger partial charge in [0.15, 0.2) is 0 Å². The second-order valence-electron chi connectivity index (χ2n) is 4.75. The first kappa shape index (κ1) is 17.2. The lowest BCUT2D eigenvalue weighted by molar-refractivity contribution is 0.102. The molecule has 0 spiro atoms. The fourth-order valence-electron chi connectivity index (χ4n) is 2.02. The van der Waals surface area contributed by atoms with E-state index in [1.165, 1.54) is 18.2 Å². The minimum absolute atomic E-state index is 0.0467. The van der Waals surface area contributed by atoms with Gasteiger partial charge in [-0.05, 0) is 43.3 Å². The lowest BCUT2D eigenvalue weighted by Gasteiger charge is -2.11. The molecule has 0 fully saturated rings. The van der Waals surface area contributed by atoms with Gasteiger partial charge in [-0.2, -0.15) is 0 Å². The van der Waals surface area contributed by atoms with E-state index in [2.05, 4.69) is 5.32 Å². The number of rotatable bonds is 6. The number of anilines is 1. The van der Waals surface area contributed by atoms with E-state index >= 15 is 0 Å². The summed E-state index contributed by atoms with van der Waals surface area (Å²) >= 11 is 5.71. The van der Waals surface area contributed by atoms with Gasteiger partial charge < -0.3 is 14.8 Å². The van der Waals surface area contributed by atoms with Crippen LogP contribution in [-0.4, -0.2) is 19.6 Å². The second kappa shape index (κ2) is 7.94. The molecule has 0 aliphatic rings. The number of ether oxygens (including phenoxy) is 2. The van der Waals surface area contributed by atoms with Crippen molar-refractivity contribution in [3.05, 3.63) is 58.4 Å². The van der Waals surface area contributed by atoms with Crippen molar-refractivity contribution >= 4 is 23.2 Å². The highest BCUT2D eigenvalue weighted by Gasteiger charge is 2.11. The maximum Gasteiger partial charge on any atom is 0.255 e. The normalized spacial score (nSPS) is 10.4. The Morgan fingerprint density at radius 3 is 2.70 bits per heavy atom. The van der Waals surface area contributed by atoms with Gasteiger partial charge in [0.05, 0.1) is 18.7 Å². The summed E-state index contributed by atoms with van der Waals surface area (Å²) < 4.78 is 23.8. The molecule has 6 heteroatoms. The van der Waals surface area contributed by atoms with Crippen molar-refractivity contribution in [1.29, 1.82) is 0 Å². The first-order chi connectivity index (χ1) is 11.0. The molecule has 0 aliphatic carbocycles. The first-order valence-corrected chi connectivity index (χ1v) is 7.44. The van der Waals surface area contributed by atoms with Gasteiger partial charge in [-0.3, -0.25) is 4.79 Å². The summed E-state index contributed by atoms with van der Waals surface area (Å²) in [6.45, 7) is 2.80. The van der Waals surface area contributed by atoms with Crippen molar-refractivity contribution in [3.8, 4) is 5.75 Å². The Kier molecular flexibility index (Phi) is 5.96. The molecule has 1 amide bonds. The van der Waals surface area contributed by atoms with Gasteiger partial charge in [0, 0.05) is 23.4 Å². The van der Waals surface area contributed by atoms with Crippen LogP contribution in [0.3, 0.4) is 0 Å². The van der Waals surface area contributed by atoms with Gasteiger partial charge in [-0.15, -0.1) is 0 Å². The van der Waals surface area contributed by atoms with E-state index in [1.54, 1.807) is 25.3 Å². The molecule has 4 nitrogen and oxygen atoms in total. The molecule has 0 heterocycles. The molecule has 0 aromatic heterocycles. The van der Waals surface area contributed by atoms with Crippen LogP contribution in [0.1, 0.15) is 22.8 Å². The van der Waals surface area contributed by atoms with E-state index < -0.39 is 5.82 Å². The molecule has 2 aromatic rings. The third kappa shape index (κ3) is 4.43. The van der Waals surface area contributed by atoms with Crippen molar-refractivity contribution in [3.63, 3.8) is 0 Å². The quantitative estimate of drug-likeness (QED) is 0.856. The van der Waals surface area contributed by atoms with E-state index in [-0.39, 0.29) is 10.9 Å². The molecule has 0 aliphatic heterocycles. The molecule has 0 saturated heterocycles. The van der Waals surface area contributed by atoms with Gasteiger partial charge in [-0.1, -0.05) is 11.6 Å². The van der Waals surface area contributed by atoms with E-state index in [1.807, 2.05) is 6.92 Å². The van der Waals surface area contributed by atoms with Gasteiger partial charge in [-0.25, -0.2) is 4.39 Å². The molecule has 122 valence electrons. The van der Waals surface area contributed by atoms with Crippen LogP contribution in [-0.2, 0) is 11.3 Å². The number of methoxy groups -OCH3 is 1. The van der Waals surface area contributed by atoms with Crippen molar-refractivity contribution in [2.24, 2.45) is 0 Å². The Balaban J connectivity index is 2.19. The van der Waals surface area contributed by atoms with Crippen LogP contribution in [0.25, 0.3) is 0 Å². The predicted molar refractivity (Wildman–Crippen MR) is 87.7 cm³/mol. The number of carbonyl (C=O) groups excluding carboxylic acids is 1. The largest absolute Gasteiger partial charge is 0.496 e. The van der Waals surface area contributed by atoms with Crippen molar-refractivity contribution in [2.45, 2.75) is 13.5 Å². The van der Waals surface area contributed by atoms with Gasteiger partial charge in [0.2, 0.25) is 0 Å². The van der Waals surface area contributed by atoms with E-state index in [9.17, 15) is 9.18 Å².